The first-order valence-corrected chi connectivity index (χ1v) is 8.85. The number of rotatable bonds is 7. The van der Waals surface area contributed by atoms with Gasteiger partial charge in [-0.15, -0.1) is 35.3 Å². The maximum Gasteiger partial charge on any atom is 0.341 e. The third-order valence-corrected chi connectivity index (χ3v) is 4.32. The molecule has 1 aromatic heterocycles. The van der Waals surface area contributed by atoms with Crippen molar-refractivity contribution in [1.82, 2.24) is 10.6 Å². The Balaban J connectivity index is 0.00000338. The van der Waals surface area contributed by atoms with Gasteiger partial charge in [-0.05, 0) is 36.1 Å². The maximum atomic E-state index is 11.9. The van der Waals surface area contributed by atoms with Crippen LogP contribution >= 0.6 is 35.3 Å². The first-order chi connectivity index (χ1) is 12.2. The fourth-order valence-electron chi connectivity index (χ4n) is 2.22. The van der Waals surface area contributed by atoms with Gasteiger partial charge in [-0.2, -0.15) is 0 Å². The molecule has 0 amide bonds. The van der Waals surface area contributed by atoms with Gasteiger partial charge in [-0.25, -0.2) is 9.79 Å². The molecule has 1 aromatic carbocycles. The Morgan fingerprint density at radius 3 is 2.65 bits per heavy atom. The molecule has 0 fully saturated rings. The average Bonchev–Trinajstić information content (AvgIpc) is 3.16. The highest BCUT2D eigenvalue weighted by Gasteiger charge is 2.13. The standard InChI is InChI=1S/C18H23N3O3S.HI/c1-4-19-18(21-12-14-6-5-9-25-14)20-11-13-7-8-16(23-2)15(10-13)17(22)24-3;/h5-10H,4,11-12H2,1-3H3,(H2,19,20,21);1H. The highest BCUT2D eigenvalue weighted by molar-refractivity contribution is 14.0. The van der Waals surface area contributed by atoms with E-state index in [1.807, 2.05) is 24.4 Å². The first-order valence-electron chi connectivity index (χ1n) is 7.97. The van der Waals surface area contributed by atoms with Crippen LogP contribution in [0.5, 0.6) is 5.75 Å². The summed E-state index contributed by atoms with van der Waals surface area (Å²) in [5.74, 6) is 0.791. The molecule has 0 atom stereocenters. The Morgan fingerprint density at radius 2 is 2.04 bits per heavy atom. The van der Waals surface area contributed by atoms with Gasteiger partial charge in [0.2, 0.25) is 0 Å². The van der Waals surface area contributed by atoms with Crippen LogP contribution in [0.4, 0.5) is 0 Å². The number of hydrogen-bond donors (Lipinski definition) is 2. The van der Waals surface area contributed by atoms with E-state index in [0.29, 0.717) is 17.9 Å². The van der Waals surface area contributed by atoms with E-state index in [2.05, 4.69) is 21.7 Å². The van der Waals surface area contributed by atoms with Crippen molar-refractivity contribution in [3.8, 4) is 5.75 Å². The number of methoxy groups -OCH3 is 2. The van der Waals surface area contributed by atoms with Crippen molar-refractivity contribution in [3.63, 3.8) is 0 Å². The van der Waals surface area contributed by atoms with Crippen molar-refractivity contribution in [3.05, 3.63) is 51.7 Å². The second-order valence-electron chi connectivity index (χ2n) is 5.15. The highest BCUT2D eigenvalue weighted by atomic mass is 127. The lowest BCUT2D eigenvalue weighted by Gasteiger charge is -2.11. The number of thiophene rings is 1. The van der Waals surface area contributed by atoms with Crippen LogP contribution in [0.15, 0.2) is 40.7 Å². The molecule has 0 saturated carbocycles. The molecule has 6 nitrogen and oxygen atoms in total. The molecule has 2 rings (SSSR count). The van der Waals surface area contributed by atoms with Crippen LogP contribution < -0.4 is 15.4 Å². The summed E-state index contributed by atoms with van der Waals surface area (Å²) < 4.78 is 10.0. The summed E-state index contributed by atoms with van der Waals surface area (Å²) >= 11 is 1.70. The summed E-state index contributed by atoms with van der Waals surface area (Å²) in [5.41, 5.74) is 1.30. The number of carbonyl (C=O) groups excluding carboxylic acids is 1. The molecule has 26 heavy (non-hydrogen) atoms. The number of aliphatic imine (C=N–C) groups is 1. The Kier molecular flexibility index (Phi) is 10.0. The predicted molar refractivity (Wildman–Crippen MR) is 116 cm³/mol. The van der Waals surface area contributed by atoms with Crippen LogP contribution in [-0.4, -0.2) is 32.7 Å². The van der Waals surface area contributed by atoms with Gasteiger partial charge in [0.1, 0.15) is 11.3 Å². The number of carbonyl (C=O) groups is 1. The largest absolute Gasteiger partial charge is 0.496 e. The van der Waals surface area contributed by atoms with Crippen molar-refractivity contribution in [2.24, 2.45) is 4.99 Å². The number of hydrogen-bond acceptors (Lipinski definition) is 5. The van der Waals surface area contributed by atoms with Crippen LogP contribution in [0.2, 0.25) is 0 Å². The van der Waals surface area contributed by atoms with E-state index >= 15 is 0 Å². The summed E-state index contributed by atoms with van der Waals surface area (Å²) in [6.07, 6.45) is 0. The molecule has 1 heterocycles. The second-order valence-corrected chi connectivity index (χ2v) is 6.19. The Hall–Kier alpha value is -1.81. The molecule has 0 bridgehead atoms. The van der Waals surface area contributed by atoms with Crippen molar-refractivity contribution in [2.45, 2.75) is 20.0 Å². The number of nitrogens with one attached hydrogen (secondary N) is 2. The molecule has 2 N–H and O–H groups in total. The van der Waals surface area contributed by atoms with Crippen molar-refractivity contribution < 1.29 is 14.3 Å². The lowest BCUT2D eigenvalue weighted by Crippen LogP contribution is -2.36. The van der Waals surface area contributed by atoms with E-state index in [1.54, 1.807) is 23.5 Å². The van der Waals surface area contributed by atoms with E-state index in [4.69, 9.17) is 9.47 Å². The first kappa shape index (κ1) is 22.2. The SMILES string of the molecule is CCNC(=NCc1ccc(OC)c(C(=O)OC)c1)NCc1cccs1.I. The van der Waals surface area contributed by atoms with Crippen LogP contribution in [0.3, 0.4) is 0 Å². The summed E-state index contributed by atoms with van der Waals surface area (Å²) in [4.78, 5) is 17.7. The van der Waals surface area contributed by atoms with Crippen LogP contribution in [0, 0.1) is 0 Å². The molecule has 0 aliphatic carbocycles. The van der Waals surface area contributed by atoms with Gasteiger partial charge < -0.3 is 20.1 Å². The average molecular weight is 489 g/mol. The Labute approximate surface area is 175 Å². The molecular weight excluding hydrogens is 465 g/mol. The van der Waals surface area contributed by atoms with Crippen LogP contribution in [-0.2, 0) is 17.8 Å². The lowest BCUT2D eigenvalue weighted by atomic mass is 10.1. The van der Waals surface area contributed by atoms with Gasteiger partial charge in [0.15, 0.2) is 5.96 Å². The quantitative estimate of drug-likeness (QED) is 0.270. The van der Waals surface area contributed by atoms with Gasteiger partial charge in [0.05, 0.1) is 27.3 Å². The summed E-state index contributed by atoms with van der Waals surface area (Å²) in [5, 5.41) is 8.56. The Bertz CT molecular complexity index is 720. The predicted octanol–water partition coefficient (Wildman–Crippen LogP) is 3.42. The molecule has 8 heteroatoms. The molecule has 0 aliphatic heterocycles. The van der Waals surface area contributed by atoms with Gasteiger partial charge in [-0.3, -0.25) is 0 Å². The zero-order chi connectivity index (χ0) is 18.1. The van der Waals surface area contributed by atoms with E-state index in [-0.39, 0.29) is 24.0 Å². The highest BCUT2D eigenvalue weighted by Crippen LogP contribution is 2.21. The number of nitrogens with zero attached hydrogens (tertiary/aromatic N) is 1. The third-order valence-electron chi connectivity index (χ3n) is 3.44. The van der Waals surface area contributed by atoms with E-state index in [9.17, 15) is 4.79 Å². The number of esters is 1. The smallest absolute Gasteiger partial charge is 0.341 e. The maximum absolute atomic E-state index is 11.9. The molecule has 142 valence electrons. The van der Waals surface area contributed by atoms with Gasteiger partial charge >= 0.3 is 5.97 Å². The molecule has 0 spiro atoms. The number of benzene rings is 1. The molecule has 0 aliphatic rings. The molecule has 0 unspecified atom stereocenters. The zero-order valence-corrected chi connectivity index (χ0v) is 18.2. The molecular formula is C18H24IN3O3S. The van der Waals surface area contributed by atoms with E-state index in [0.717, 1.165) is 24.6 Å². The molecule has 0 saturated heterocycles. The number of guanidine groups is 1. The second kappa shape index (κ2) is 11.7. The number of ether oxygens (including phenoxy) is 2. The minimum absolute atomic E-state index is 0. The van der Waals surface area contributed by atoms with Crippen molar-refractivity contribution in [1.29, 1.82) is 0 Å². The zero-order valence-electron chi connectivity index (χ0n) is 15.1. The normalized spacial score (nSPS) is 10.7. The fraction of sp³-hybridized carbons (Fsp3) is 0.333. The summed E-state index contributed by atoms with van der Waals surface area (Å²) in [6.45, 7) is 3.95. The molecule has 0 radical (unpaired) electrons. The summed E-state index contributed by atoms with van der Waals surface area (Å²) in [6, 6.07) is 9.49. The lowest BCUT2D eigenvalue weighted by molar-refractivity contribution is 0.0597. The van der Waals surface area contributed by atoms with E-state index in [1.165, 1.54) is 19.1 Å². The van der Waals surface area contributed by atoms with Gasteiger partial charge in [0, 0.05) is 11.4 Å². The van der Waals surface area contributed by atoms with Crippen molar-refractivity contribution >= 4 is 47.2 Å². The fourth-order valence-corrected chi connectivity index (χ4v) is 2.86. The van der Waals surface area contributed by atoms with E-state index < -0.39 is 5.97 Å². The summed E-state index contributed by atoms with van der Waals surface area (Å²) in [7, 11) is 2.88. The van der Waals surface area contributed by atoms with Gasteiger partial charge in [0.25, 0.3) is 0 Å². The third kappa shape index (κ3) is 6.49. The van der Waals surface area contributed by atoms with Crippen molar-refractivity contribution in [2.75, 3.05) is 20.8 Å². The minimum atomic E-state index is -0.426. The minimum Gasteiger partial charge on any atom is -0.496 e. The number of halogens is 1. The van der Waals surface area contributed by atoms with Crippen LogP contribution in [0.1, 0.15) is 27.7 Å². The Morgan fingerprint density at radius 1 is 1.23 bits per heavy atom. The van der Waals surface area contributed by atoms with Gasteiger partial charge in [-0.1, -0.05) is 12.1 Å². The topological polar surface area (TPSA) is 72.0 Å². The van der Waals surface area contributed by atoms with Crippen LogP contribution in [0.25, 0.3) is 0 Å². The monoisotopic (exact) mass is 489 g/mol. The molecule has 2 aromatic rings.